The lowest BCUT2D eigenvalue weighted by atomic mass is 9.84. The second-order valence-electron chi connectivity index (χ2n) is 9.04. The fourth-order valence-electron chi connectivity index (χ4n) is 5.08. The second kappa shape index (κ2) is 9.55. The van der Waals surface area contributed by atoms with Crippen molar-refractivity contribution in [3.05, 3.63) is 42.4 Å². The molecule has 1 aromatic carbocycles. The molecular weight excluding hydrogens is 485 g/mol. The van der Waals surface area contributed by atoms with E-state index in [1.807, 2.05) is 12.3 Å². The number of carboxylic acids is 1. The molecular formula is C23H29F3N4O4S. The normalized spacial score (nSPS) is 20.7. The van der Waals surface area contributed by atoms with Crippen LogP contribution >= 0.6 is 0 Å². The van der Waals surface area contributed by atoms with E-state index in [0.29, 0.717) is 13.1 Å². The molecule has 5 rings (SSSR count). The van der Waals surface area contributed by atoms with E-state index >= 15 is 0 Å². The molecule has 3 aliphatic rings. The number of rotatable bonds is 4. The van der Waals surface area contributed by atoms with Crippen LogP contribution in [0.4, 0.5) is 13.2 Å². The van der Waals surface area contributed by atoms with Crippen molar-refractivity contribution in [3.8, 4) is 11.3 Å². The molecule has 1 saturated carbocycles. The number of nitrogens with zero attached hydrogens (tertiary/aromatic N) is 4. The molecule has 2 fully saturated rings. The monoisotopic (exact) mass is 514 g/mol. The smallest absolute Gasteiger partial charge is 0.475 e. The van der Waals surface area contributed by atoms with E-state index in [1.54, 1.807) is 4.31 Å². The predicted octanol–water partition coefficient (Wildman–Crippen LogP) is 3.30. The molecule has 1 aliphatic carbocycles. The van der Waals surface area contributed by atoms with Gasteiger partial charge in [0, 0.05) is 26.2 Å². The van der Waals surface area contributed by atoms with Crippen molar-refractivity contribution in [2.75, 3.05) is 26.2 Å². The average molecular weight is 515 g/mol. The lowest BCUT2D eigenvalue weighted by molar-refractivity contribution is -0.192. The topological polar surface area (TPSA) is 95.7 Å². The molecule has 2 aromatic rings. The Morgan fingerprint density at radius 1 is 1.11 bits per heavy atom. The minimum Gasteiger partial charge on any atom is -0.475 e. The Labute approximate surface area is 202 Å². The number of carbonyl (C=O) groups is 1. The highest BCUT2D eigenvalue weighted by atomic mass is 32.2. The number of carboxylic acid groups (broad SMARTS) is 1. The summed E-state index contributed by atoms with van der Waals surface area (Å²) in [5.41, 5.74) is 2.20. The Morgan fingerprint density at radius 3 is 2.23 bits per heavy atom. The number of sulfonamides is 1. The molecule has 3 heterocycles. The Kier molecular flexibility index (Phi) is 7.00. The molecule has 8 nitrogen and oxygen atoms in total. The van der Waals surface area contributed by atoms with Crippen LogP contribution in [0.3, 0.4) is 0 Å². The quantitative estimate of drug-likeness (QED) is 0.673. The number of aromatic nitrogens is 2. The van der Waals surface area contributed by atoms with E-state index in [0.717, 1.165) is 51.1 Å². The largest absolute Gasteiger partial charge is 0.490 e. The lowest BCUT2D eigenvalue weighted by Crippen LogP contribution is -2.58. The SMILES string of the molecule is CCN1CCn2c(-c3ccccc3)cnc2C12CCN(S(=O)(=O)C1CC1)CC2.O=C(O)C(F)(F)F. The molecule has 35 heavy (non-hydrogen) atoms. The third-order valence-electron chi connectivity index (χ3n) is 7.02. The first kappa shape index (κ1) is 25.6. The summed E-state index contributed by atoms with van der Waals surface area (Å²) in [6.07, 6.45) is 0.209. The number of alkyl halides is 3. The van der Waals surface area contributed by atoms with Gasteiger partial charge in [0.25, 0.3) is 0 Å². The number of aliphatic carboxylic acids is 1. The first-order chi connectivity index (χ1) is 16.5. The van der Waals surface area contributed by atoms with Crippen LogP contribution in [0.25, 0.3) is 11.3 Å². The summed E-state index contributed by atoms with van der Waals surface area (Å²) in [7, 11) is -3.10. The van der Waals surface area contributed by atoms with Crippen molar-refractivity contribution < 1.29 is 31.5 Å². The third-order valence-corrected chi connectivity index (χ3v) is 9.42. The maximum absolute atomic E-state index is 12.7. The summed E-state index contributed by atoms with van der Waals surface area (Å²) < 4.78 is 61.2. The van der Waals surface area contributed by atoms with E-state index < -0.39 is 22.2 Å². The number of piperidine rings is 1. The summed E-state index contributed by atoms with van der Waals surface area (Å²) in [6.45, 7) is 6.27. The number of likely N-dealkylation sites (N-methyl/N-ethyl adjacent to an activating group) is 1. The van der Waals surface area contributed by atoms with E-state index in [2.05, 4.69) is 40.7 Å². The van der Waals surface area contributed by atoms with Gasteiger partial charge in [-0.2, -0.15) is 13.2 Å². The molecule has 1 N–H and O–H groups in total. The first-order valence-corrected chi connectivity index (χ1v) is 13.2. The minimum atomic E-state index is -5.08. The van der Waals surface area contributed by atoms with Crippen molar-refractivity contribution in [1.29, 1.82) is 0 Å². The number of hydrogen-bond donors (Lipinski definition) is 1. The van der Waals surface area contributed by atoms with E-state index in [1.165, 1.54) is 11.3 Å². The zero-order chi connectivity index (χ0) is 25.4. The maximum atomic E-state index is 12.7. The van der Waals surface area contributed by atoms with Gasteiger partial charge in [-0.15, -0.1) is 0 Å². The maximum Gasteiger partial charge on any atom is 0.490 e. The summed E-state index contributed by atoms with van der Waals surface area (Å²) >= 11 is 0. The van der Waals surface area contributed by atoms with Gasteiger partial charge in [-0.05, 0) is 37.8 Å². The number of fused-ring (bicyclic) bond motifs is 2. The Balaban J connectivity index is 0.000000364. The Bertz CT molecular complexity index is 1160. The van der Waals surface area contributed by atoms with Gasteiger partial charge < -0.3 is 9.67 Å². The second-order valence-corrected chi connectivity index (χ2v) is 11.3. The van der Waals surface area contributed by atoms with Crippen LogP contribution in [0.5, 0.6) is 0 Å². The molecule has 1 aromatic heterocycles. The van der Waals surface area contributed by atoms with Crippen LogP contribution < -0.4 is 0 Å². The molecule has 0 amide bonds. The van der Waals surface area contributed by atoms with E-state index in [4.69, 9.17) is 14.9 Å². The van der Waals surface area contributed by atoms with Gasteiger partial charge in [-0.3, -0.25) is 4.90 Å². The molecule has 12 heteroatoms. The predicted molar refractivity (Wildman–Crippen MR) is 123 cm³/mol. The number of hydrogen-bond acceptors (Lipinski definition) is 5. The van der Waals surface area contributed by atoms with Crippen molar-refractivity contribution in [2.45, 2.75) is 56.1 Å². The summed E-state index contributed by atoms with van der Waals surface area (Å²) in [4.78, 5) is 16.3. The van der Waals surface area contributed by atoms with Gasteiger partial charge in [0.15, 0.2) is 0 Å². The van der Waals surface area contributed by atoms with E-state index in [9.17, 15) is 21.6 Å². The summed E-state index contributed by atoms with van der Waals surface area (Å²) in [6, 6.07) is 10.4. The van der Waals surface area contributed by atoms with Crippen molar-refractivity contribution in [1.82, 2.24) is 18.8 Å². The summed E-state index contributed by atoms with van der Waals surface area (Å²) in [5, 5.41) is 7.00. The molecule has 0 bridgehead atoms. The molecule has 0 unspecified atom stereocenters. The van der Waals surface area contributed by atoms with E-state index in [-0.39, 0.29) is 10.8 Å². The van der Waals surface area contributed by atoms with Crippen molar-refractivity contribution in [2.24, 2.45) is 0 Å². The molecule has 192 valence electrons. The highest BCUT2D eigenvalue weighted by Gasteiger charge is 2.50. The fraction of sp³-hybridized carbons (Fsp3) is 0.565. The molecule has 1 saturated heterocycles. The standard InChI is InChI=1S/C21H28N4O2S.C2HF3O2/c1-2-23-14-15-25-19(17-6-4-3-5-7-17)16-22-20(25)21(23)10-12-24(13-11-21)28(26,27)18-8-9-18;3-2(4,5)1(6)7/h3-7,16,18H,2,8-15H2,1H3;(H,6,7). The third kappa shape index (κ3) is 4.96. The molecule has 0 radical (unpaired) electrons. The molecule has 0 atom stereocenters. The zero-order valence-electron chi connectivity index (χ0n) is 19.4. The highest BCUT2D eigenvalue weighted by Crippen LogP contribution is 2.44. The number of halogens is 3. The summed E-state index contributed by atoms with van der Waals surface area (Å²) in [5.74, 6) is -1.64. The minimum absolute atomic E-state index is 0.123. The van der Waals surface area contributed by atoms with Gasteiger partial charge in [0.05, 0.1) is 22.7 Å². The van der Waals surface area contributed by atoms with Gasteiger partial charge in [0.2, 0.25) is 10.0 Å². The molecule has 2 aliphatic heterocycles. The Hall–Kier alpha value is -2.44. The number of imidazole rings is 1. The van der Waals surface area contributed by atoms with Gasteiger partial charge in [-0.1, -0.05) is 37.3 Å². The number of benzene rings is 1. The Morgan fingerprint density at radius 2 is 1.71 bits per heavy atom. The zero-order valence-corrected chi connectivity index (χ0v) is 20.2. The van der Waals surface area contributed by atoms with Gasteiger partial charge >= 0.3 is 12.1 Å². The van der Waals surface area contributed by atoms with Crippen LogP contribution in [-0.4, -0.2) is 75.9 Å². The fourth-order valence-corrected chi connectivity index (χ4v) is 6.92. The van der Waals surface area contributed by atoms with Crippen molar-refractivity contribution >= 4 is 16.0 Å². The van der Waals surface area contributed by atoms with Crippen LogP contribution in [0, 0.1) is 0 Å². The van der Waals surface area contributed by atoms with Crippen LogP contribution in [0.15, 0.2) is 36.5 Å². The van der Waals surface area contributed by atoms with Crippen LogP contribution in [-0.2, 0) is 26.9 Å². The van der Waals surface area contributed by atoms with Crippen LogP contribution in [0.2, 0.25) is 0 Å². The van der Waals surface area contributed by atoms with Gasteiger partial charge in [0.1, 0.15) is 5.82 Å². The average Bonchev–Trinajstić information content (AvgIpc) is 3.60. The van der Waals surface area contributed by atoms with Crippen molar-refractivity contribution in [3.63, 3.8) is 0 Å². The lowest BCUT2D eigenvalue weighted by Gasteiger charge is -2.50. The van der Waals surface area contributed by atoms with Gasteiger partial charge in [-0.25, -0.2) is 22.5 Å². The highest BCUT2D eigenvalue weighted by molar-refractivity contribution is 7.90. The van der Waals surface area contributed by atoms with Crippen LogP contribution in [0.1, 0.15) is 38.4 Å². The molecule has 1 spiro atoms. The first-order valence-electron chi connectivity index (χ1n) is 11.7.